The Morgan fingerprint density at radius 2 is 1.90 bits per heavy atom. The number of ether oxygens (including phenoxy) is 1. The van der Waals surface area contributed by atoms with Gasteiger partial charge in [0.2, 0.25) is 5.75 Å². The van der Waals surface area contributed by atoms with Gasteiger partial charge in [0.05, 0.1) is 10.6 Å². The number of nitriles is 1. The lowest BCUT2D eigenvalue weighted by Gasteiger charge is -2.13. The molecular weight excluding hydrogens is 450 g/mol. The van der Waals surface area contributed by atoms with Crippen molar-refractivity contribution in [2.45, 2.75) is 12.6 Å². The van der Waals surface area contributed by atoms with Crippen molar-refractivity contribution >= 4 is 23.2 Å². The highest BCUT2D eigenvalue weighted by Crippen LogP contribution is 2.35. The minimum Gasteiger partial charge on any atom is -0.449 e. The van der Waals surface area contributed by atoms with Gasteiger partial charge in [0.1, 0.15) is 22.8 Å². The lowest BCUT2D eigenvalue weighted by atomic mass is 10.2. The standard InChI is InChI=1S/C17H8Cl2F3N5O3/c18-10-2-1-9(3-8(10)6-23)30-13-14(17(20,21)22)24-12(25-16(13)29)5-7-4-11(19)26-27-15(7)28/h1-4H,5H2,(H,27,28)(H,24,25,29). The maximum atomic E-state index is 13.5. The second kappa shape index (κ2) is 8.17. The third-order valence-electron chi connectivity index (χ3n) is 3.68. The van der Waals surface area contributed by atoms with Crippen LogP contribution in [0.5, 0.6) is 11.5 Å². The number of aromatic amines is 2. The van der Waals surface area contributed by atoms with E-state index in [1.807, 2.05) is 0 Å². The van der Waals surface area contributed by atoms with E-state index in [4.69, 9.17) is 33.2 Å². The highest BCUT2D eigenvalue weighted by Gasteiger charge is 2.39. The molecule has 2 N–H and O–H groups in total. The smallest absolute Gasteiger partial charge is 0.437 e. The zero-order chi connectivity index (χ0) is 22.1. The van der Waals surface area contributed by atoms with E-state index < -0.39 is 41.0 Å². The van der Waals surface area contributed by atoms with Crippen molar-refractivity contribution in [3.8, 4) is 17.6 Å². The second-order valence-electron chi connectivity index (χ2n) is 5.77. The first-order chi connectivity index (χ1) is 14.1. The van der Waals surface area contributed by atoms with Crippen LogP contribution in [0, 0.1) is 11.3 Å². The molecular formula is C17H8Cl2F3N5O3. The quantitative estimate of drug-likeness (QED) is 0.618. The van der Waals surface area contributed by atoms with Crippen LogP contribution in [0.1, 0.15) is 22.6 Å². The van der Waals surface area contributed by atoms with E-state index in [2.05, 4.69) is 20.2 Å². The molecule has 0 atom stereocenters. The van der Waals surface area contributed by atoms with E-state index in [1.54, 1.807) is 6.07 Å². The van der Waals surface area contributed by atoms with Crippen molar-refractivity contribution in [1.29, 1.82) is 5.26 Å². The van der Waals surface area contributed by atoms with Crippen molar-refractivity contribution in [2.75, 3.05) is 0 Å². The van der Waals surface area contributed by atoms with Crippen molar-refractivity contribution < 1.29 is 17.9 Å². The van der Waals surface area contributed by atoms with Crippen molar-refractivity contribution in [1.82, 2.24) is 20.2 Å². The number of alkyl halides is 3. The van der Waals surface area contributed by atoms with Crippen LogP contribution in [-0.2, 0) is 12.6 Å². The molecule has 30 heavy (non-hydrogen) atoms. The summed E-state index contributed by atoms with van der Waals surface area (Å²) in [7, 11) is 0. The number of H-pyrrole nitrogens is 2. The molecule has 0 unspecified atom stereocenters. The van der Waals surface area contributed by atoms with Crippen molar-refractivity contribution in [2.24, 2.45) is 0 Å². The SMILES string of the molecule is N#Cc1cc(Oc2c(C(F)(F)F)nc(Cc3cc(Cl)n[nH]c3=O)[nH]c2=O)ccc1Cl. The summed E-state index contributed by atoms with van der Waals surface area (Å²) in [6.07, 6.45) is -5.50. The molecule has 3 aromatic rings. The van der Waals surface area contributed by atoms with Gasteiger partial charge in [-0.05, 0) is 18.2 Å². The molecule has 0 aliphatic rings. The molecule has 0 amide bonds. The Bertz CT molecular complexity index is 1280. The van der Waals surface area contributed by atoms with Gasteiger partial charge in [-0.25, -0.2) is 10.1 Å². The Hall–Kier alpha value is -3.36. The van der Waals surface area contributed by atoms with Crippen LogP contribution in [0.3, 0.4) is 0 Å². The molecule has 2 aromatic heterocycles. The fourth-order valence-corrected chi connectivity index (χ4v) is 2.71. The normalized spacial score (nSPS) is 11.2. The minimum absolute atomic E-state index is 0.0578. The Morgan fingerprint density at radius 1 is 1.17 bits per heavy atom. The Labute approximate surface area is 174 Å². The molecule has 1 aromatic carbocycles. The summed E-state index contributed by atoms with van der Waals surface area (Å²) in [5.74, 6) is -1.79. The third-order valence-corrected chi connectivity index (χ3v) is 4.20. The topological polar surface area (TPSA) is 125 Å². The molecule has 0 saturated heterocycles. The van der Waals surface area contributed by atoms with Crippen LogP contribution in [0.25, 0.3) is 0 Å². The largest absolute Gasteiger partial charge is 0.449 e. The molecule has 0 saturated carbocycles. The number of halogens is 5. The van der Waals surface area contributed by atoms with E-state index in [0.717, 1.165) is 12.1 Å². The summed E-state index contributed by atoms with van der Waals surface area (Å²) in [5, 5.41) is 14.4. The summed E-state index contributed by atoms with van der Waals surface area (Å²) >= 11 is 11.4. The first-order valence-electron chi connectivity index (χ1n) is 7.90. The highest BCUT2D eigenvalue weighted by atomic mass is 35.5. The summed E-state index contributed by atoms with van der Waals surface area (Å²) in [4.78, 5) is 29.7. The number of aromatic nitrogens is 4. The Morgan fingerprint density at radius 3 is 2.57 bits per heavy atom. The van der Waals surface area contributed by atoms with E-state index in [0.29, 0.717) is 0 Å². The van der Waals surface area contributed by atoms with Crippen molar-refractivity contribution in [3.05, 3.63) is 77.8 Å². The van der Waals surface area contributed by atoms with Gasteiger partial charge in [-0.15, -0.1) is 0 Å². The monoisotopic (exact) mass is 457 g/mol. The highest BCUT2D eigenvalue weighted by molar-refractivity contribution is 6.31. The van der Waals surface area contributed by atoms with E-state index in [1.165, 1.54) is 12.1 Å². The van der Waals surface area contributed by atoms with E-state index >= 15 is 0 Å². The number of hydrogen-bond acceptors (Lipinski definition) is 6. The van der Waals surface area contributed by atoms with Crippen LogP contribution in [0.15, 0.2) is 33.9 Å². The summed E-state index contributed by atoms with van der Waals surface area (Å²) in [5.41, 5.74) is -3.67. The average molecular weight is 458 g/mol. The van der Waals surface area contributed by atoms with Crippen LogP contribution >= 0.6 is 23.2 Å². The number of nitrogens with one attached hydrogen (secondary N) is 2. The van der Waals surface area contributed by atoms with Crippen LogP contribution in [0.2, 0.25) is 10.2 Å². The van der Waals surface area contributed by atoms with Gasteiger partial charge in [0, 0.05) is 18.1 Å². The molecule has 0 bridgehead atoms. The molecule has 0 aliphatic carbocycles. The zero-order valence-electron chi connectivity index (χ0n) is 14.5. The molecule has 3 rings (SSSR count). The van der Waals surface area contributed by atoms with Gasteiger partial charge in [-0.3, -0.25) is 9.59 Å². The maximum Gasteiger partial charge on any atom is 0.437 e. The first kappa shape index (κ1) is 21.4. The van der Waals surface area contributed by atoms with E-state index in [9.17, 15) is 22.8 Å². The predicted octanol–water partition coefficient (Wildman–Crippen LogP) is 3.43. The lowest BCUT2D eigenvalue weighted by molar-refractivity contribution is -0.142. The molecule has 0 fully saturated rings. The number of benzene rings is 1. The van der Waals surface area contributed by atoms with Gasteiger partial charge in [0.15, 0.2) is 5.69 Å². The molecule has 154 valence electrons. The number of hydrogen-bond donors (Lipinski definition) is 2. The Balaban J connectivity index is 2.07. The van der Waals surface area contributed by atoms with Gasteiger partial charge in [-0.1, -0.05) is 23.2 Å². The predicted molar refractivity (Wildman–Crippen MR) is 98.8 cm³/mol. The van der Waals surface area contributed by atoms with Crippen LogP contribution in [-0.4, -0.2) is 20.2 Å². The maximum absolute atomic E-state index is 13.5. The number of rotatable bonds is 4. The zero-order valence-corrected chi connectivity index (χ0v) is 16.0. The summed E-state index contributed by atoms with van der Waals surface area (Å²) in [6.45, 7) is 0. The lowest BCUT2D eigenvalue weighted by Crippen LogP contribution is -2.23. The first-order valence-corrected chi connectivity index (χ1v) is 8.66. The molecule has 2 heterocycles. The summed E-state index contributed by atoms with van der Waals surface area (Å²) < 4.78 is 45.7. The third kappa shape index (κ3) is 4.61. The van der Waals surface area contributed by atoms with E-state index in [-0.39, 0.29) is 27.1 Å². The molecule has 0 radical (unpaired) electrons. The fraction of sp³-hybridized carbons (Fsp3) is 0.118. The van der Waals surface area contributed by atoms with Crippen LogP contribution < -0.4 is 15.9 Å². The molecule has 0 aliphatic heterocycles. The van der Waals surface area contributed by atoms with Gasteiger partial charge in [-0.2, -0.15) is 23.5 Å². The van der Waals surface area contributed by atoms with Crippen molar-refractivity contribution in [3.63, 3.8) is 0 Å². The number of nitrogens with zero attached hydrogens (tertiary/aromatic N) is 3. The minimum atomic E-state index is -5.05. The fourth-order valence-electron chi connectivity index (χ4n) is 2.38. The van der Waals surface area contributed by atoms with Gasteiger partial charge in [0.25, 0.3) is 11.1 Å². The second-order valence-corrected chi connectivity index (χ2v) is 6.56. The molecule has 13 heteroatoms. The van der Waals surface area contributed by atoms with Gasteiger partial charge < -0.3 is 9.72 Å². The van der Waals surface area contributed by atoms with Crippen LogP contribution in [0.4, 0.5) is 13.2 Å². The Kier molecular flexibility index (Phi) is 5.82. The molecule has 0 spiro atoms. The summed E-state index contributed by atoms with van der Waals surface area (Å²) in [6, 6.07) is 6.38. The average Bonchev–Trinajstić information content (AvgIpc) is 2.67. The van der Waals surface area contributed by atoms with Gasteiger partial charge >= 0.3 is 6.18 Å². The molecule has 8 nitrogen and oxygen atoms in total.